The van der Waals surface area contributed by atoms with Gasteiger partial charge in [-0.25, -0.2) is 8.42 Å². The molecule has 9 nitrogen and oxygen atoms in total. The van der Waals surface area contributed by atoms with Gasteiger partial charge in [0, 0.05) is 12.6 Å². The molecule has 0 radical (unpaired) electrons. The van der Waals surface area contributed by atoms with Gasteiger partial charge < -0.3 is 4.42 Å². The van der Waals surface area contributed by atoms with Crippen LogP contribution in [-0.4, -0.2) is 39.6 Å². The van der Waals surface area contributed by atoms with Gasteiger partial charge in [-0.1, -0.05) is 5.10 Å². The quantitative estimate of drug-likeness (QED) is 0.710. The minimum Gasteiger partial charge on any atom is -0.401 e. The number of hydrogen-bond acceptors (Lipinski definition) is 7. The molecule has 0 bridgehead atoms. The Hall–Kier alpha value is -3.01. The van der Waals surface area contributed by atoms with Crippen LogP contribution in [-0.2, 0) is 16.9 Å². The minimum atomic E-state index is -3.39. The highest BCUT2D eigenvalue weighted by atomic mass is 32.2. The van der Waals surface area contributed by atoms with E-state index in [9.17, 15) is 13.2 Å². The first-order valence-corrected chi connectivity index (χ1v) is 9.73. The third-order valence-electron chi connectivity index (χ3n) is 3.93. The zero-order valence-electron chi connectivity index (χ0n) is 15.3. The molecule has 27 heavy (non-hydrogen) atoms. The molecule has 2 heterocycles. The van der Waals surface area contributed by atoms with Crippen molar-refractivity contribution in [3.63, 3.8) is 0 Å². The van der Waals surface area contributed by atoms with E-state index < -0.39 is 21.0 Å². The van der Waals surface area contributed by atoms with Gasteiger partial charge in [0.1, 0.15) is 5.69 Å². The van der Waals surface area contributed by atoms with Gasteiger partial charge in [-0.3, -0.25) is 14.8 Å². The summed E-state index contributed by atoms with van der Waals surface area (Å²) in [6.45, 7) is 5.05. The number of carbonyl (C=O) groups is 1. The number of anilines is 1. The predicted octanol–water partition coefficient (Wildman–Crippen LogP) is 2.21. The van der Waals surface area contributed by atoms with Gasteiger partial charge in [0.15, 0.2) is 9.84 Å². The molecule has 1 N–H and O–H groups in total. The van der Waals surface area contributed by atoms with Gasteiger partial charge >= 0.3 is 6.01 Å². The maximum absolute atomic E-state index is 12.3. The van der Waals surface area contributed by atoms with Crippen molar-refractivity contribution in [3.8, 4) is 11.6 Å². The molecule has 0 saturated heterocycles. The average molecular weight is 389 g/mol. The van der Waals surface area contributed by atoms with Crippen molar-refractivity contribution in [2.75, 3.05) is 5.32 Å². The molecule has 3 rings (SSSR count). The molecule has 0 fully saturated rings. The lowest BCUT2D eigenvalue weighted by molar-refractivity contribution is 0.102. The van der Waals surface area contributed by atoms with Crippen LogP contribution in [0.15, 0.2) is 39.6 Å². The number of amides is 1. The van der Waals surface area contributed by atoms with E-state index in [0.29, 0.717) is 5.69 Å². The number of benzene rings is 1. The van der Waals surface area contributed by atoms with Crippen molar-refractivity contribution < 1.29 is 17.6 Å². The Balaban J connectivity index is 1.76. The van der Waals surface area contributed by atoms with Crippen molar-refractivity contribution in [1.82, 2.24) is 20.0 Å². The largest absolute Gasteiger partial charge is 0.401 e. The number of nitrogens with zero attached hydrogens (tertiary/aromatic N) is 4. The van der Waals surface area contributed by atoms with Crippen LogP contribution in [0.1, 0.15) is 29.9 Å². The van der Waals surface area contributed by atoms with E-state index in [1.165, 1.54) is 24.3 Å². The summed E-state index contributed by atoms with van der Waals surface area (Å²) in [5.74, 6) is -0.258. The molecule has 0 aliphatic rings. The number of aromatic nitrogens is 4. The number of aryl methyl sites for hydroxylation is 2. The summed E-state index contributed by atoms with van der Waals surface area (Å²) in [5, 5.41) is 13.9. The molecular formula is C17H19N5O4S. The van der Waals surface area contributed by atoms with Crippen molar-refractivity contribution in [1.29, 1.82) is 0 Å². The molecule has 3 aromatic rings. The molecule has 0 unspecified atom stereocenters. The first-order valence-electron chi connectivity index (χ1n) is 8.18. The normalized spacial score (nSPS) is 11.7. The Morgan fingerprint density at radius 2 is 1.85 bits per heavy atom. The van der Waals surface area contributed by atoms with Gasteiger partial charge in [-0.2, -0.15) is 5.10 Å². The van der Waals surface area contributed by atoms with E-state index in [0.717, 1.165) is 5.69 Å². The molecule has 0 atom stereocenters. The van der Waals surface area contributed by atoms with E-state index >= 15 is 0 Å². The van der Waals surface area contributed by atoms with Crippen LogP contribution in [0.3, 0.4) is 0 Å². The van der Waals surface area contributed by atoms with Crippen molar-refractivity contribution >= 4 is 21.8 Å². The van der Waals surface area contributed by atoms with E-state index in [4.69, 9.17) is 4.42 Å². The Kier molecular flexibility index (Phi) is 4.83. The molecule has 0 aliphatic heterocycles. The second-order valence-electron chi connectivity index (χ2n) is 6.28. The van der Waals surface area contributed by atoms with E-state index in [1.54, 1.807) is 31.6 Å². The Bertz CT molecular complexity index is 1080. The maximum atomic E-state index is 12.3. The third kappa shape index (κ3) is 3.75. The summed E-state index contributed by atoms with van der Waals surface area (Å²) >= 11 is 0. The summed E-state index contributed by atoms with van der Waals surface area (Å²) in [7, 11) is -1.64. The fraction of sp³-hybridized carbons (Fsp3) is 0.294. The van der Waals surface area contributed by atoms with Crippen LogP contribution in [0, 0.1) is 6.92 Å². The van der Waals surface area contributed by atoms with Crippen LogP contribution >= 0.6 is 0 Å². The molecule has 142 valence electrons. The van der Waals surface area contributed by atoms with Gasteiger partial charge in [0.25, 0.3) is 11.8 Å². The summed E-state index contributed by atoms with van der Waals surface area (Å²) in [6, 6.07) is 7.41. The lowest BCUT2D eigenvalue weighted by atomic mass is 10.2. The van der Waals surface area contributed by atoms with Crippen LogP contribution < -0.4 is 5.32 Å². The number of rotatable bonds is 5. The third-order valence-corrected chi connectivity index (χ3v) is 6.10. The summed E-state index contributed by atoms with van der Waals surface area (Å²) < 4.78 is 31.3. The number of sulfone groups is 1. The molecule has 2 aromatic heterocycles. The fourth-order valence-corrected chi connectivity index (χ4v) is 3.49. The van der Waals surface area contributed by atoms with Crippen LogP contribution in [0.5, 0.6) is 0 Å². The second-order valence-corrected chi connectivity index (χ2v) is 8.78. The molecule has 1 amide bonds. The highest BCUT2D eigenvalue weighted by Crippen LogP contribution is 2.21. The monoisotopic (exact) mass is 389 g/mol. The van der Waals surface area contributed by atoms with Crippen molar-refractivity contribution in [2.24, 2.45) is 7.05 Å². The zero-order valence-corrected chi connectivity index (χ0v) is 16.1. The topological polar surface area (TPSA) is 120 Å². The SMILES string of the molecule is Cc1cc(-c2nnc(NC(=O)c3ccc(S(=O)(=O)C(C)C)cc3)o2)n(C)n1. The molecule has 0 saturated carbocycles. The van der Waals surface area contributed by atoms with E-state index in [1.807, 2.05) is 6.92 Å². The first kappa shape index (κ1) is 18.8. The Labute approximate surface area is 156 Å². The molecule has 0 aliphatic carbocycles. The van der Waals surface area contributed by atoms with Gasteiger partial charge in [0.2, 0.25) is 0 Å². The summed E-state index contributed by atoms with van der Waals surface area (Å²) in [4.78, 5) is 12.5. The maximum Gasteiger partial charge on any atom is 0.322 e. The van der Waals surface area contributed by atoms with E-state index in [2.05, 4.69) is 20.6 Å². The van der Waals surface area contributed by atoms with Crippen molar-refractivity contribution in [3.05, 3.63) is 41.6 Å². The van der Waals surface area contributed by atoms with Gasteiger partial charge in [0.05, 0.1) is 15.8 Å². The van der Waals surface area contributed by atoms with Gasteiger partial charge in [-0.15, -0.1) is 5.10 Å². The number of nitrogens with one attached hydrogen (secondary N) is 1. The zero-order chi connectivity index (χ0) is 19.8. The summed E-state index contributed by atoms with van der Waals surface area (Å²) in [6.07, 6.45) is 0. The molecule has 10 heteroatoms. The van der Waals surface area contributed by atoms with Crippen molar-refractivity contribution in [2.45, 2.75) is 30.9 Å². The number of hydrogen-bond donors (Lipinski definition) is 1. The second kappa shape index (κ2) is 6.95. The summed E-state index contributed by atoms with van der Waals surface area (Å²) in [5.41, 5.74) is 1.70. The van der Waals surface area contributed by atoms with Crippen LogP contribution in [0.2, 0.25) is 0 Å². The molecule has 1 aromatic carbocycles. The van der Waals surface area contributed by atoms with Gasteiger partial charge in [-0.05, 0) is 51.1 Å². The van der Waals surface area contributed by atoms with E-state index in [-0.39, 0.29) is 22.4 Å². The smallest absolute Gasteiger partial charge is 0.322 e. The lowest BCUT2D eigenvalue weighted by Gasteiger charge is -2.08. The number of carbonyl (C=O) groups excluding carboxylic acids is 1. The van der Waals surface area contributed by atoms with Crippen LogP contribution in [0.25, 0.3) is 11.6 Å². The first-order chi connectivity index (χ1) is 12.7. The fourth-order valence-electron chi connectivity index (χ4n) is 2.43. The lowest BCUT2D eigenvalue weighted by Crippen LogP contribution is -2.15. The highest BCUT2D eigenvalue weighted by molar-refractivity contribution is 7.92. The predicted molar refractivity (Wildman–Crippen MR) is 98.0 cm³/mol. The van der Waals surface area contributed by atoms with Crippen LogP contribution in [0.4, 0.5) is 6.01 Å². The average Bonchev–Trinajstić information content (AvgIpc) is 3.20. The standard InChI is InChI=1S/C17H19N5O4S/c1-10(2)27(24,25)13-7-5-12(6-8-13)15(23)18-17-20-19-16(26-17)14-9-11(3)21-22(14)4/h5-10H,1-4H3,(H,18,20,23). The highest BCUT2D eigenvalue weighted by Gasteiger charge is 2.20. The Morgan fingerprint density at radius 1 is 1.19 bits per heavy atom. The molecule has 0 spiro atoms. The minimum absolute atomic E-state index is 0.0623. The Morgan fingerprint density at radius 3 is 2.41 bits per heavy atom. The molecular weight excluding hydrogens is 370 g/mol.